The summed E-state index contributed by atoms with van der Waals surface area (Å²) in [6.07, 6.45) is 0. The maximum atomic E-state index is 12.2. The number of nitrogens with two attached hydrogens (primary N) is 1. The van der Waals surface area contributed by atoms with Gasteiger partial charge in [0.2, 0.25) is 5.91 Å². The van der Waals surface area contributed by atoms with Crippen molar-refractivity contribution >= 4 is 17.8 Å². The molecule has 1 rings (SSSR count). The Morgan fingerprint density at radius 2 is 2.00 bits per heavy atom. The molecule has 1 aromatic carbocycles. The number of ether oxygens (including phenoxy) is 1. The van der Waals surface area contributed by atoms with Crippen LogP contribution in [0.4, 0.5) is 0 Å². The molecule has 108 valence electrons. The molecular formula is C13H16N2O5. The van der Waals surface area contributed by atoms with Crippen LogP contribution in [-0.2, 0) is 20.9 Å². The first-order chi connectivity index (χ1) is 9.43. The van der Waals surface area contributed by atoms with E-state index in [4.69, 9.17) is 15.6 Å². The molecule has 0 saturated carbocycles. The Morgan fingerprint density at radius 1 is 1.30 bits per heavy atom. The van der Waals surface area contributed by atoms with Gasteiger partial charge in [-0.3, -0.25) is 14.4 Å². The molecule has 0 bridgehead atoms. The Bertz CT molecular complexity index is 499. The van der Waals surface area contributed by atoms with E-state index < -0.39 is 30.9 Å². The van der Waals surface area contributed by atoms with Gasteiger partial charge < -0.3 is 20.5 Å². The zero-order valence-electron chi connectivity index (χ0n) is 11.0. The summed E-state index contributed by atoms with van der Waals surface area (Å²) in [6.45, 7) is -0.703. The van der Waals surface area contributed by atoms with Crippen LogP contribution in [0, 0.1) is 0 Å². The Kier molecular flexibility index (Phi) is 5.67. The van der Waals surface area contributed by atoms with Crippen LogP contribution in [0.1, 0.15) is 15.9 Å². The number of nitrogens with zero attached hydrogens (tertiary/aromatic N) is 1. The van der Waals surface area contributed by atoms with Gasteiger partial charge in [0.25, 0.3) is 5.91 Å². The van der Waals surface area contributed by atoms with E-state index in [0.29, 0.717) is 6.61 Å². The number of amides is 2. The number of primary amides is 1. The van der Waals surface area contributed by atoms with Gasteiger partial charge in [-0.25, -0.2) is 0 Å². The standard InChI is InChI=1S/C13H16N2O5/c1-20-8-9-3-2-4-10(5-9)13(19)15(6-11(14)16)7-12(17)18/h2-5H,6-8H2,1H3,(H2,14,16)(H,17,18). The van der Waals surface area contributed by atoms with Gasteiger partial charge in [0.15, 0.2) is 0 Å². The average molecular weight is 280 g/mol. The maximum absolute atomic E-state index is 12.2. The lowest BCUT2D eigenvalue weighted by molar-refractivity contribution is -0.138. The minimum absolute atomic E-state index is 0.280. The lowest BCUT2D eigenvalue weighted by Gasteiger charge is -2.19. The van der Waals surface area contributed by atoms with Gasteiger partial charge in [-0.1, -0.05) is 12.1 Å². The van der Waals surface area contributed by atoms with E-state index in [2.05, 4.69) is 0 Å². The van der Waals surface area contributed by atoms with Crippen LogP contribution in [0.25, 0.3) is 0 Å². The summed E-state index contributed by atoms with van der Waals surface area (Å²) in [7, 11) is 1.53. The van der Waals surface area contributed by atoms with E-state index in [1.165, 1.54) is 13.2 Å². The van der Waals surface area contributed by atoms with Gasteiger partial charge >= 0.3 is 5.97 Å². The number of hydrogen-bond acceptors (Lipinski definition) is 4. The molecule has 1 aromatic rings. The Morgan fingerprint density at radius 3 is 2.55 bits per heavy atom. The molecule has 0 aromatic heterocycles. The zero-order valence-corrected chi connectivity index (χ0v) is 11.0. The summed E-state index contributed by atoms with van der Waals surface area (Å²) < 4.78 is 4.96. The van der Waals surface area contributed by atoms with E-state index in [-0.39, 0.29) is 5.56 Å². The molecule has 0 unspecified atom stereocenters. The SMILES string of the molecule is COCc1cccc(C(=O)N(CC(N)=O)CC(=O)O)c1. The largest absolute Gasteiger partial charge is 0.480 e. The Hall–Kier alpha value is -2.41. The zero-order chi connectivity index (χ0) is 15.1. The van der Waals surface area contributed by atoms with Crippen molar-refractivity contribution in [2.75, 3.05) is 20.2 Å². The van der Waals surface area contributed by atoms with Gasteiger partial charge in [-0.15, -0.1) is 0 Å². The van der Waals surface area contributed by atoms with Crippen LogP contribution in [0.2, 0.25) is 0 Å². The predicted octanol–water partition coefficient (Wildman–Crippen LogP) is -0.155. The predicted molar refractivity (Wildman–Crippen MR) is 69.9 cm³/mol. The van der Waals surface area contributed by atoms with Gasteiger partial charge in [0.05, 0.1) is 6.61 Å². The highest BCUT2D eigenvalue weighted by Gasteiger charge is 2.20. The summed E-state index contributed by atoms with van der Waals surface area (Å²) in [6, 6.07) is 6.56. The molecular weight excluding hydrogens is 264 g/mol. The van der Waals surface area contributed by atoms with Gasteiger partial charge in [-0.05, 0) is 17.7 Å². The van der Waals surface area contributed by atoms with Gasteiger partial charge in [0, 0.05) is 12.7 Å². The molecule has 7 nitrogen and oxygen atoms in total. The van der Waals surface area contributed by atoms with Crippen molar-refractivity contribution in [1.29, 1.82) is 0 Å². The number of benzene rings is 1. The van der Waals surface area contributed by atoms with Crippen LogP contribution >= 0.6 is 0 Å². The highest BCUT2D eigenvalue weighted by molar-refractivity contribution is 5.98. The third-order valence-corrected chi connectivity index (χ3v) is 2.44. The summed E-state index contributed by atoms with van der Waals surface area (Å²) in [4.78, 5) is 34.7. The van der Waals surface area contributed by atoms with Crippen LogP contribution < -0.4 is 5.73 Å². The molecule has 0 spiro atoms. The number of hydrogen-bond donors (Lipinski definition) is 2. The van der Waals surface area contributed by atoms with E-state index in [1.807, 2.05) is 0 Å². The average Bonchev–Trinajstić information content (AvgIpc) is 2.37. The van der Waals surface area contributed by atoms with Crippen molar-refractivity contribution in [2.24, 2.45) is 5.73 Å². The number of carboxylic acid groups (broad SMARTS) is 1. The molecule has 0 aliphatic rings. The maximum Gasteiger partial charge on any atom is 0.323 e. The lowest BCUT2D eigenvalue weighted by Crippen LogP contribution is -2.41. The van der Waals surface area contributed by atoms with E-state index in [1.54, 1.807) is 18.2 Å². The summed E-state index contributed by atoms with van der Waals surface area (Å²) in [5.41, 5.74) is 6.07. The van der Waals surface area contributed by atoms with Crippen LogP contribution in [0.3, 0.4) is 0 Å². The quantitative estimate of drug-likeness (QED) is 0.721. The molecule has 0 atom stereocenters. The molecule has 20 heavy (non-hydrogen) atoms. The summed E-state index contributed by atoms with van der Waals surface area (Å²) >= 11 is 0. The monoisotopic (exact) mass is 280 g/mol. The summed E-state index contributed by atoms with van der Waals surface area (Å²) in [5.74, 6) is -2.55. The second-order valence-corrected chi connectivity index (χ2v) is 4.15. The second kappa shape index (κ2) is 7.25. The smallest absolute Gasteiger partial charge is 0.323 e. The van der Waals surface area contributed by atoms with Crippen LogP contribution in [0.5, 0.6) is 0 Å². The number of carbonyl (C=O) groups is 3. The highest BCUT2D eigenvalue weighted by atomic mass is 16.5. The molecule has 0 fully saturated rings. The van der Waals surface area contributed by atoms with E-state index >= 15 is 0 Å². The fraction of sp³-hybridized carbons (Fsp3) is 0.308. The topological polar surface area (TPSA) is 110 Å². The van der Waals surface area contributed by atoms with Crippen molar-refractivity contribution in [3.8, 4) is 0 Å². The third kappa shape index (κ3) is 4.69. The van der Waals surface area contributed by atoms with Crippen LogP contribution in [-0.4, -0.2) is 48.0 Å². The Balaban J connectivity index is 2.95. The fourth-order valence-corrected chi connectivity index (χ4v) is 1.69. The lowest BCUT2D eigenvalue weighted by atomic mass is 10.1. The molecule has 0 aliphatic heterocycles. The molecule has 0 aliphatic carbocycles. The molecule has 0 saturated heterocycles. The van der Waals surface area contributed by atoms with Crippen molar-refractivity contribution in [3.63, 3.8) is 0 Å². The van der Waals surface area contributed by atoms with E-state index in [0.717, 1.165) is 10.5 Å². The van der Waals surface area contributed by atoms with Crippen molar-refractivity contribution in [1.82, 2.24) is 4.90 Å². The van der Waals surface area contributed by atoms with Crippen molar-refractivity contribution < 1.29 is 24.2 Å². The van der Waals surface area contributed by atoms with Gasteiger partial charge in [-0.2, -0.15) is 0 Å². The minimum atomic E-state index is -1.22. The normalized spacial score (nSPS) is 10.1. The molecule has 7 heteroatoms. The van der Waals surface area contributed by atoms with Gasteiger partial charge in [0.1, 0.15) is 13.1 Å². The molecule has 0 heterocycles. The number of aliphatic carboxylic acids is 1. The van der Waals surface area contributed by atoms with Crippen LogP contribution in [0.15, 0.2) is 24.3 Å². The fourth-order valence-electron chi connectivity index (χ4n) is 1.69. The number of methoxy groups -OCH3 is 1. The highest BCUT2D eigenvalue weighted by Crippen LogP contribution is 2.09. The number of rotatable bonds is 7. The molecule has 0 radical (unpaired) electrons. The number of carboxylic acids is 1. The van der Waals surface area contributed by atoms with E-state index in [9.17, 15) is 14.4 Å². The minimum Gasteiger partial charge on any atom is -0.480 e. The third-order valence-electron chi connectivity index (χ3n) is 2.44. The first-order valence-electron chi connectivity index (χ1n) is 5.81. The van der Waals surface area contributed by atoms with Crippen molar-refractivity contribution in [3.05, 3.63) is 35.4 Å². The molecule has 3 N–H and O–H groups in total. The second-order valence-electron chi connectivity index (χ2n) is 4.15. The Labute approximate surface area is 115 Å². The summed E-state index contributed by atoms with van der Waals surface area (Å²) in [5, 5.41) is 8.77. The molecule has 2 amide bonds. The number of carbonyl (C=O) groups excluding carboxylic acids is 2. The first-order valence-corrected chi connectivity index (χ1v) is 5.81. The van der Waals surface area contributed by atoms with Crippen molar-refractivity contribution in [2.45, 2.75) is 6.61 Å². The first kappa shape index (κ1) is 15.6.